The van der Waals surface area contributed by atoms with E-state index < -0.39 is 29.1 Å². The van der Waals surface area contributed by atoms with Crippen LogP contribution in [0.2, 0.25) is 0 Å². The molecule has 0 saturated heterocycles. The summed E-state index contributed by atoms with van der Waals surface area (Å²) in [5, 5.41) is 0. The fraction of sp³-hybridized carbons (Fsp3) is 0.435. The zero-order valence-corrected chi connectivity index (χ0v) is 20.2. The zero-order chi connectivity index (χ0) is 26.1. The maximum atomic E-state index is 13.0. The van der Waals surface area contributed by atoms with Gasteiger partial charge in [0.1, 0.15) is 11.6 Å². The summed E-state index contributed by atoms with van der Waals surface area (Å²) in [5.41, 5.74) is 4.75. The van der Waals surface area contributed by atoms with E-state index in [1.165, 1.54) is 43.1 Å². The van der Waals surface area contributed by atoms with Gasteiger partial charge in [-0.05, 0) is 30.2 Å². The maximum Gasteiger partial charge on any atom is 0.337 e. The lowest BCUT2D eigenvalue weighted by Gasteiger charge is -2.24. The summed E-state index contributed by atoms with van der Waals surface area (Å²) in [6, 6.07) is 5.73. The number of aromatic amines is 1. The van der Waals surface area contributed by atoms with Crippen LogP contribution in [0.4, 0.5) is 11.5 Å². The van der Waals surface area contributed by atoms with Crippen LogP contribution in [0.25, 0.3) is 0 Å². The number of nitrogen functional groups attached to an aromatic ring is 1. The van der Waals surface area contributed by atoms with E-state index in [9.17, 15) is 24.0 Å². The molecule has 2 aromatic rings. The molecule has 12 nitrogen and oxygen atoms in total. The molecule has 0 spiro atoms. The summed E-state index contributed by atoms with van der Waals surface area (Å²) in [6.07, 6.45) is -0.574. The predicted molar refractivity (Wildman–Crippen MR) is 127 cm³/mol. The monoisotopic (exact) mass is 490 g/mol. The van der Waals surface area contributed by atoms with E-state index in [-0.39, 0.29) is 61.3 Å². The van der Waals surface area contributed by atoms with Crippen molar-refractivity contribution in [3.63, 3.8) is 0 Å². The van der Waals surface area contributed by atoms with Crippen molar-refractivity contribution in [3.8, 4) is 5.75 Å². The molecule has 190 valence electrons. The molecule has 1 aromatic carbocycles. The smallest absolute Gasteiger partial charge is 0.337 e. The molecular weight excluding hydrogens is 460 g/mol. The lowest BCUT2D eigenvalue weighted by atomic mass is 10.2. The number of carbonyl (C=O) groups is 3. The van der Waals surface area contributed by atoms with Gasteiger partial charge in [0.2, 0.25) is 5.91 Å². The fourth-order valence-corrected chi connectivity index (χ4v) is 3.23. The van der Waals surface area contributed by atoms with Gasteiger partial charge in [0.05, 0.1) is 25.7 Å². The molecule has 0 aliphatic carbocycles. The van der Waals surface area contributed by atoms with Crippen molar-refractivity contribution in [2.75, 3.05) is 38.0 Å². The Morgan fingerprint density at radius 3 is 2.31 bits per heavy atom. The highest BCUT2D eigenvalue weighted by Crippen LogP contribution is 2.19. The van der Waals surface area contributed by atoms with Crippen molar-refractivity contribution >= 4 is 29.4 Å². The van der Waals surface area contributed by atoms with Crippen LogP contribution in [0.5, 0.6) is 5.75 Å². The first-order valence-electron chi connectivity index (χ1n) is 10.9. The standard InChI is InChI=1S/C23H30N4O8/c1-14(2)13-27-20(24)19(21(30)25-23(27)32)26(11-12-33-3)17(28)9-10-18(29)35-16-7-5-15(6-8-16)22(31)34-4/h5-8,14H,9-13,24H2,1-4H3,(H,25,30,32). The number of nitrogens with one attached hydrogen (secondary N) is 1. The van der Waals surface area contributed by atoms with Gasteiger partial charge in [-0.3, -0.25) is 23.9 Å². The first-order valence-corrected chi connectivity index (χ1v) is 10.9. The van der Waals surface area contributed by atoms with Crippen molar-refractivity contribution in [2.24, 2.45) is 5.92 Å². The molecule has 1 amide bonds. The predicted octanol–water partition coefficient (Wildman–Crippen LogP) is 0.927. The Bertz CT molecular complexity index is 1170. The van der Waals surface area contributed by atoms with Gasteiger partial charge in [0, 0.05) is 26.6 Å². The molecule has 0 aliphatic heterocycles. The molecule has 0 radical (unpaired) electrons. The summed E-state index contributed by atoms with van der Waals surface area (Å²) in [7, 11) is 2.68. The summed E-state index contributed by atoms with van der Waals surface area (Å²) in [5.74, 6) is -1.71. The number of esters is 2. The van der Waals surface area contributed by atoms with Crippen LogP contribution >= 0.6 is 0 Å². The molecule has 0 atom stereocenters. The van der Waals surface area contributed by atoms with Crippen molar-refractivity contribution in [2.45, 2.75) is 33.2 Å². The SMILES string of the molecule is COCCN(C(=O)CCC(=O)Oc1ccc(C(=O)OC)cc1)c1c(N)n(CC(C)C)c(=O)[nH]c1=O. The molecular formula is C23H30N4O8. The number of hydrogen-bond donors (Lipinski definition) is 2. The molecule has 1 aromatic heterocycles. The topological polar surface area (TPSA) is 163 Å². The van der Waals surface area contributed by atoms with Crippen molar-refractivity contribution in [1.29, 1.82) is 0 Å². The summed E-state index contributed by atoms with van der Waals surface area (Å²) in [4.78, 5) is 64.9. The number of amides is 1. The number of anilines is 2. The van der Waals surface area contributed by atoms with Crippen LogP contribution in [0.1, 0.15) is 37.0 Å². The van der Waals surface area contributed by atoms with E-state index >= 15 is 0 Å². The van der Waals surface area contributed by atoms with Gasteiger partial charge in [-0.25, -0.2) is 9.59 Å². The van der Waals surface area contributed by atoms with Gasteiger partial charge >= 0.3 is 17.6 Å². The quantitative estimate of drug-likeness (QED) is 0.344. The molecule has 1 heterocycles. The summed E-state index contributed by atoms with van der Waals surface area (Å²) in [6.45, 7) is 4.05. The summed E-state index contributed by atoms with van der Waals surface area (Å²) >= 11 is 0. The Morgan fingerprint density at radius 1 is 1.09 bits per heavy atom. The number of hydrogen-bond acceptors (Lipinski definition) is 9. The minimum Gasteiger partial charge on any atom is -0.465 e. The van der Waals surface area contributed by atoms with Gasteiger partial charge < -0.3 is 24.8 Å². The number of nitrogens with zero attached hydrogens (tertiary/aromatic N) is 2. The number of ether oxygens (including phenoxy) is 3. The normalized spacial score (nSPS) is 10.8. The van der Waals surface area contributed by atoms with Crippen LogP contribution in [-0.4, -0.2) is 54.8 Å². The molecule has 0 saturated carbocycles. The molecule has 0 bridgehead atoms. The maximum absolute atomic E-state index is 13.0. The van der Waals surface area contributed by atoms with Crippen LogP contribution in [-0.2, 0) is 25.6 Å². The van der Waals surface area contributed by atoms with E-state index in [2.05, 4.69) is 9.72 Å². The second kappa shape index (κ2) is 12.5. The molecule has 35 heavy (non-hydrogen) atoms. The number of aromatic nitrogens is 2. The van der Waals surface area contributed by atoms with Crippen molar-refractivity contribution < 1.29 is 28.6 Å². The third-order valence-electron chi connectivity index (χ3n) is 4.90. The first-order chi connectivity index (χ1) is 16.6. The minimum atomic E-state index is -0.815. The fourth-order valence-electron chi connectivity index (χ4n) is 3.23. The first kappa shape index (κ1) is 27.3. The Hall–Kier alpha value is -3.93. The molecule has 3 N–H and O–H groups in total. The van der Waals surface area contributed by atoms with Crippen LogP contribution in [0.3, 0.4) is 0 Å². The van der Waals surface area contributed by atoms with E-state index in [1.54, 1.807) is 0 Å². The zero-order valence-electron chi connectivity index (χ0n) is 20.2. The third-order valence-corrected chi connectivity index (χ3v) is 4.90. The van der Waals surface area contributed by atoms with Gasteiger partial charge in [-0.1, -0.05) is 13.8 Å². The number of methoxy groups -OCH3 is 2. The number of H-pyrrole nitrogens is 1. The van der Waals surface area contributed by atoms with Gasteiger partial charge in [-0.15, -0.1) is 0 Å². The van der Waals surface area contributed by atoms with E-state index in [0.717, 1.165) is 4.90 Å². The second-order valence-corrected chi connectivity index (χ2v) is 8.03. The second-order valence-electron chi connectivity index (χ2n) is 8.03. The Labute approximate surface area is 201 Å². The van der Waals surface area contributed by atoms with Crippen molar-refractivity contribution in [1.82, 2.24) is 9.55 Å². The van der Waals surface area contributed by atoms with E-state index in [0.29, 0.717) is 0 Å². The van der Waals surface area contributed by atoms with Crippen molar-refractivity contribution in [3.05, 3.63) is 50.7 Å². The molecule has 2 rings (SSSR count). The Balaban J connectivity index is 2.18. The number of rotatable bonds is 11. The minimum absolute atomic E-state index is 0.0213. The number of carbonyl (C=O) groups excluding carboxylic acids is 3. The largest absolute Gasteiger partial charge is 0.465 e. The summed E-state index contributed by atoms with van der Waals surface area (Å²) < 4.78 is 16.0. The van der Waals surface area contributed by atoms with Gasteiger partial charge in [-0.2, -0.15) is 0 Å². The highest BCUT2D eigenvalue weighted by Gasteiger charge is 2.25. The number of nitrogens with two attached hydrogens (primary N) is 1. The highest BCUT2D eigenvalue weighted by molar-refractivity contribution is 5.97. The molecule has 0 fully saturated rings. The lowest BCUT2D eigenvalue weighted by molar-refractivity contribution is -0.136. The van der Waals surface area contributed by atoms with E-state index in [4.69, 9.17) is 15.2 Å². The van der Waals surface area contributed by atoms with Crippen LogP contribution < -0.4 is 26.6 Å². The lowest BCUT2D eigenvalue weighted by Crippen LogP contribution is -2.43. The Morgan fingerprint density at radius 2 is 1.74 bits per heavy atom. The van der Waals surface area contributed by atoms with Crippen LogP contribution in [0.15, 0.2) is 33.9 Å². The average Bonchev–Trinajstić information content (AvgIpc) is 2.82. The third kappa shape index (κ3) is 7.27. The highest BCUT2D eigenvalue weighted by atomic mass is 16.5. The van der Waals surface area contributed by atoms with Gasteiger partial charge in [0.15, 0.2) is 5.69 Å². The molecule has 12 heteroatoms. The average molecular weight is 491 g/mol. The Kier molecular flexibility index (Phi) is 9.76. The number of benzene rings is 1. The van der Waals surface area contributed by atoms with Crippen LogP contribution in [0, 0.1) is 5.92 Å². The van der Waals surface area contributed by atoms with E-state index in [1.807, 2.05) is 13.8 Å². The van der Waals surface area contributed by atoms with Gasteiger partial charge in [0.25, 0.3) is 5.56 Å². The molecule has 0 aliphatic rings. The molecule has 0 unspecified atom stereocenters.